The lowest BCUT2D eigenvalue weighted by Crippen LogP contribution is -2.50. The second-order valence-electron chi connectivity index (χ2n) is 10.7. The maximum absolute atomic E-state index is 6.00. The molecule has 33 heavy (non-hydrogen) atoms. The number of rotatable bonds is 22. The first kappa shape index (κ1) is 33.1. The van der Waals surface area contributed by atoms with Crippen molar-refractivity contribution in [2.75, 3.05) is 21.3 Å². The molecule has 0 amide bonds. The summed E-state index contributed by atoms with van der Waals surface area (Å²) in [5.74, 6) is 3.59. The molecule has 0 saturated heterocycles. The summed E-state index contributed by atoms with van der Waals surface area (Å²) in [5, 5.41) is 0. The summed E-state index contributed by atoms with van der Waals surface area (Å²) in [7, 11) is 2.66. The van der Waals surface area contributed by atoms with Crippen molar-refractivity contribution < 1.29 is 13.3 Å². The van der Waals surface area contributed by atoms with Gasteiger partial charge < -0.3 is 13.3 Å². The van der Waals surface area contributed by atoms with Crippen molar-refractivity contribution in [2.45, 2.75) is 137 Å². The summed E-state index contributed by atoms with van der Waals surface area (Å²) >= 11 is 0. The minimum Gasteiger partial charge on any atom is -0.377 e. The van der Waals surface area contributed by atoms with Gasteiger partial charge in [0.25, 0.3) is 0 Å². The van der Waals surface area contributed by atoms with Gasteiger partial charge in [-0.3, -0.25) is 0 Å². The third-order valence-electron chi connectivity index (χ3n) is 8.81. The van der Waals surface area contributed by atoms with Crippen molar-refractivity contribution in [3.63, 3.8) is 0 Å². The lowest BCUT2D eigenvalue weighted by molar-refractivity contribution is 0.0702. The predicted octanol–water partition coefficient (Wildman–Crippen LogP) is 9.53. The van der Waals surface area contributed by atoms with Crippen LogP contribution in [0.4, 0.5) is 0 Å². The van der Waals surface area contributed by atoms with Gasteiger partial charge in [-0.1, -0.05) is 119 Å². The molecule has 0 aliphatic carbocycles. The normalized spacial score (nSPS) is 18.0. The van der Waals surface area contributed by atoms with E-state index in [-0.39, 0.29) is 0 Å². The fourth-order valence-electron chi connectivity index (χ4n) is 6.47. The Labute approximate surface area is 210 Å². The van der Waals surface area contributed by atoms with Crippen LogP contribution >= 0.6 is 0 Å². The molecule has 0 aromatic heterocycles. The Hall–Kier alpha value is 0.0969. The molecule has 3 nitrogen and oxygen atoms in total. The molecule has 0 bridgehead atoms. The van der Waals surface area contributed by atoms with Crippen LogP contribution in [0.15, 0.2) is 0 Å². The summed E-state index contributed by atoms with van der Waals surface area (Å²) in [6.07, 6.45) is 17.3. The van der Waals surface area contributed by atoms with Crippen LogP contribution in [0.2, 0.25) is 5.54 Å². The third kappa shape index (κ3) is 10.7. The molecule has 0 aliphatic heterocycles. The fourth-order valence-corrected chi connectivity index (χ4v) is 9.08. The highest BCUT2D eigenvalue weighted by Gasteiger charge is 2.50. The van der Waals surface area contributed by atoms with Gasteiger partial charge in [-0.2, -0.15) is 0 Å². The average molecular weight is 487 g/mol. The molecule has 0 spiro atoms. The largest absolute Gasteiger partial charge is 0.503 e. The van der Waals surface area contributed by atoms with E-state index >= 15 is 0 Å². The maximum Gasteiger partial charge on any atom is 0.503 e. The topological polar surface area (TPSA) is 27.7 Å². The highest BCUT2D eigenvalue weighted by Crippen LogP contribution is 2.46. The highest BCUT2D eigenvalue weighted by atomic mass is 28.4. The van der Waals surface area contributed by atoms with Crippen molar-refractivity contribution in [3.8, 4) is 0 Å². The van der Waals surface area contributed by atoms with E-state index in [0.717, 1.165) is 17.8 Å². The van der Waals surface area contributed by atoms with E-state index < -0.39 is 8.80 Å². The van der Waals surface area contributed by atoms with Crippen LogP contribution in [-0.4, -0.2) is 30.1 Å². The molecule has 0 aromatic carbocycles. The zero-order valence-corrected chi connectivity index (χ0v) is 25.4. The molecular weight excluding hydrogens is 424 g/mol. The molecule has 0 fully saturated rings. The van der Waals surface area contributed by atoms with Gasteiger partial charge in [0.05, 0.1) is 0 Å². The second-order valence-corrected chi connectivity index (χ2v) is 14.0. The van der Waals surface area contributed by atoms with Gasteiger partial charge in [0, 0.05) is 26.9 Å². The molecule has 4 heteroatoms. The first-order chi connectivity index (χ1) is 15.8. The molecule has 0 N–H and O–H groups in total. The first-order valence-electron chi connectivity index (χ1n) is 14.5. The standard InChI is InChI=1S/C29H62O3Si/c1-11-15-18-21-27(14-4)24(5)28(22-19-16-12-2)25(6)29(23-20-17-13-3)26(7)33(30-8,31-9)32-10/h24-29H,11-23H2,1-10H3. The molecule has 6 atom stereocenters. The predicted molar refractivity (Wildman–Crippen MR) is 148 cm³/mol. The van der Waals surface area contributed by atoms with E-state index in [0.29, 0.717) is 17.4 Å². The molecule has 0 radical (unpaired) electrons. The number of hydrogen-bond acceptors (Lipinski definition) is 3. The summed E-state index contributed by atoms with van der Waals surface area (Å²) in [5.41, 5.74) is 0.311. The van der Waals surface area contributed by atoms with Gasteiger partial charge in [-0.05, 0) is 42.4 Å². The van der Waals surface area contributed by atoms with E-state index in [1.54, 1.807) is 21.3 Å². The molecular formula is C29H62O3Si. The Bertz CT molecular complexity index is 432. The lowest BCUT2D eigenvalue weighted by atomic mass is 9.67. The Kier molecular flexibility index (Phi) is 19.4. The number of hydrogen-bond donors (Lipinski definition) is 0. The molecule has 0 aromatic rings. The SMILES string of the molecule is CCCCCC(CC)C(C)C(CCCCC)C(C)C(CCCCC)C(C)[Si](OC)(OC)OC. The first-order valence-corrected chi connectivity index (χ1v) is 16.3. The van der Waals surface area contributed by atoms with Gasteiger partial charge in [0.1, 0.15) is 0 Å². The van der Waals surface area contributed by atoms with Crippen LogP contribution in [0.25, 0.3) is 0 Å². The van der Waals surface area contributed by atoms with E-state index in [9.17, 15) is 0 Å². The van der Waals surface area contributed by atoms with Crippen molar-refractivity contribution in [1.82, 2.24) is 0 Å². The highest BCUT2D eigenvalue weighted by molar-refractivity contribution is 6.62. The second kappa shape index (κ2) is 19.3. The number of unbranched alkanes of at least 4 members (excludes halogenated alkanes) is 6. The Balaban J connectivity index is 5.92. The molecule has 200 valence electrons. The summed E-state index contributed by atoms with van der Waals surface area (Å²) in [6, 6.07) is 0. The molecule has 0 saturated carbocycles. The van der Waals surface area contributed by atoms with Crippen LogP contribution in [0.3, 0.4) is 0 Å². The van der Waals surface area contributed by atoms with Crippen LogP contribution < -0.4 is 0 Å². The van der Waals surface area contributed by atoms with E-state index in [1.807, 2.05) is 0 Å². The molecule has 0 heterocycles. The van der Waals surface area contributed by atoms with Crippen molar-refractivity contribution in [1.29, 1.82) is 0 Å². The third-order valence-corrected chi connectivity index (χ3v) is 12.1. The zero-order valence-electron chi connectivity index (χ0n) is 24.4. The zero-order chi connectivity index (χ0) is 25.3. The van der Waals surface area contributed by atoms with E-state index in [4.69, 9.17) is 13.3 Å². The smallest absolute Gasteiger partial charge is 0.377 e. The Morgan fingerprint density at radius 1 is 0.545 bits per heavy atom. The van der Waals surface area contributed by atoms with Gasteiger partial charge in [0.2, 0.25) is 0 Å². The van der Waals surface area contributed by atoms with Crippen LogP contribution in [0.1, 0.15) is 132 Å². The maximum atomic E-state index is 6.00. The average Bonchev–Trinajstić information content (AvgIpc) is 2.83. The van der Waals surface area contributed by atoms with Crippen LogP contribution in [-0.2, 0) is 13.3 Å². The lowest BCUT2D eigenvalue weighted by Gasteiger charge is -2.43. The van der Waals surface area contributed by atoms with Crippen LogP contribution in [0.5, 0.6) is 0 Å². The summed E-state index contributed by atoms with van der Waals surface area (Å²) < 4.78 is 18.0. The van der Waals surface area contributed by atoms with Gasteiger partial charge in [-0.25, -0.2) is 0 Å². The molecule has 0 aliphatic rings. The minimum atomic E-state index is -2.69. The van der Waals surface area contributed by atoms with Gasteiger partial charge in [0.15, 0.2) is 0 Å². The van der Waals surface area contributed by atoms with Crippen molar-refractivity contribution in [3.05, 3.63) is 0 Å². The fraction of sp³-hybridized carbons (Fsp3) is 1.00. The minimum absolute atomic E-state index is 0.311. The Morgan fingerprint density at radius 2 is 0.970 bits per heavy atom. The van der Waals surface area contributed by atoms with Crippen molar-refractivity contribution in [2.24, 2.45) is 29.6 Å². The molecule has 6 unspecified atom stereocenters. The summed E-state index contributed by atoms with van der Waals surface area (Å²) in [4.78, 5) is 0. The van der Waals surface area contributed by atoms with E-state index in [2.05, 4.69) is 48.5 Å². The molecule has 0 rings (SSSR count). The van der Waals surface area contributed by atoms with Gasteiger partial charge in [-0.15, -0.1) is 0 Å². The van der Waals surface area contributed by atoms with Crippen LogP contribution in [0, 0.1) is 29.6 Å². The van der Waals surface area contributed by atoms with Crippen molar-refractivity contribution >= 4 is 8.80 Å². The summed E-state index contributed by atoms with van der Waals surface area (Å²) in [6.45, 7) is 16.8. The monoisotopic (exact) mass is 486 g/mol. The Morgan fingerprint density at radius 3 is 1.36 bits per heavy atom. The van der Waals surface area contributed by atoms with Gasteiger partial charge >= 0.3 is 8.80 Å². The van der Waals surface area contributed by atoms with E-state index in [1.165, 1.54) is 83.5 Å². The quantitative estimate of drug-likeness (QED) is 0.113.